The quantitative estimate of drug-likeness (QED) is 0.812. The molecule has 1 heterocycles. The summed E-state index contributed by atoms with van der Waals surface area (Å²) in [5, 5.41) is 3.90. The van der Waals surface area contributed by atoms with Gasteiger partial charge in [0.25, 0.3) is 5.56 Å². The number of rotatable bonds is 7. The molecule has 0 saturated heterocycles. The molecule has 1 amide bonds. The van der Waals surface area contributed by atoms with Crippen LogP contribution in [0.5, 0.6) is 5.75 Å². The van der Waals surface area contributed by atoms with Crippen molar-refractivity contribution in [2.75, 3.05) is 13.7 Å². The van der Waals surface area contributed by atoms with Crippen molar-refractivity contribution in [2.45, 2.75) is 44.9 Å². The van der Waals surface area contributed by atoms with E-state index in [0.717, 1.165) is 23.2 Å². The van der Waals surface area contributed by atoms with Gasteiger partial charge in [0.1, 0.15) is 5.75 Å². The highest BCUT2D eigenvalue weighted by Gasteiger charge is 2.16. The van der Waals surface area contributed by atoms with Crippen LogP contribution in [0, 0.1) is 5.92 Å². The highest BCUT2D eigenvalue weighted by molar-refractivity contribution is 5.80. The molecule has 5 heteroatoms. The number of hydrogen-bond acceptors (Lipinski definition) is 3. The standard InChI is InChI=1S/C20H26N2O3/c1-25-17-8-7-15-12-16(20(24)22-18(15)13-17)10-11-21-19(23)9-6-14-4-2-3-5-14/h7-8,12-14H,2-6,9-11H2,1H3,(H,21,23)(H,22,24). The van der Waals surface area contributed by atoms with E-state index < -0.39 is 0 Å². The van der Waals surface area contributed by atoms with Crippen molar-refractivity contribution in [1.82, 2.24) is 10.3 Å². The normalized spacial score (nSPS) is 14.8. The summed E-state index contributed by atoms with van der Waals surface area (Å²) in [6.45, 7) is 0.494. The minimum Gasteiger partial charge on any atom is -0.497 e. The minimum atomic E-state index is -0.110. The summed E-state index contributed by atoms with van der Waals surface area (Å²) in [5.41, 5.74) is 1.34. The van der Waals surface area contributed by atoms with E-state index in [1.54, 1.807) is 7.11 Å². The van der Waals surface area contributed by atoms with Gasteiger partial charge in [-0.15, -0.1) is 0 Å². The number of aromatic amines is 1. The first kappa shape index (κ1) is 17.5. The number of carbonyl (C=O) groups is 1. The number of pyridine rings is 1. The van der Waals surface area contributed by atoms with E-state index in [-0.39, 0.29) is 11.5 Å². The number of hydrogen-bond donors (Lipinski definition) is 2. The Kier molecular flexibility index (Phi) is 5.74. The Morgan fingerprint density at radius 1 is 1.28 bits per heavy atom. The van der Waals surface area contributed by atoms with Gasteiger partial charge >= 0.3 is 0 Å². The predicted molar refractivity (Wildman–Crippen MR) is 99.0 cm³/mol. The fraction of sp³-hybridized carbons (Fsp3) is 0.500. The molecule has 1 aliphatic rings. The van der Waals surface area contributed by atoms with Crippen molar-refractivity contribution in [2.24, 2.45) is 5.92 Å². The zero-order valence-corrected chi connectivity index (χ0v) is 14.8. The van der Waals surface area contributed by atoms with Crippen molar-refractivity contribution in [3.05, 3.63) is 40.2 Å². The van der Waals surface area contributed by atoms with Gasteiger partial charge in [0, 0.05) is 24.6 Å². The number of H-pyrrole nitrogens is 1. The Morgan fingerprint density at radius 2 is 2.08 bits per heavy atom. The first-order valence-corrected chi connectivity index (χ1v) is 9.12. The van der Waals surface area contributed by atoms with E-state index in [4.69, 9.17) is 4.74 Å². The highest BCUT2D eigenvalue weighted by Crippen LogP contribution is 2.28. The van der Waals surface area contributed by atoms with Crippen LogP contribution in [0.4, 0.5) is 0 Å². The van der Waals surface area contributed by atoms with E-state index in [2.05, 4.69) is 10.3 Å². The molecule has 0 aliphatic heterocycles. The third kappa shape index (κ3) is 4.62. The number of aromatic nitrogens is 1. The maximum absolute atomic E-state index is 12.2. The Hall–Kier alpha value is -2.30. The van der Waals surface area contributed by atoms with Gasteiger partial charge < -0.3 is 15.0 Å². The maximum atomic E-state index is 12.2. The predicted octanol–water partition coefficient (Wildman–Crippen LogP) is 3.17. The van der Waals surface area contributed by atoms with Crippen molar-refractivity contribution in [3.63, 3.8) is 0 Å². The summed E-state index contributed by atoms with van der Waals surface area (Å²) in [6, 6.07) is 7.49. The smallest absolute Gasteiger partial charge is 0.251 e. The van der Waals surface area contributed by atoms with Crippen LogP contribution in [0.1, 0.15) is 44.1 Å². The molecule has 0 radical (unpaired) electrons. The van der Waals surface area contributed by atoms with Gasteiger partial charge in [-0.25, -0.2) is 0 Å². The average molecular weight is 342 g/mol. The number of benzene rings is 1. The number of amides is 1. The second kappa shape index (κ2) is 8.19. The van der Waals surface area contributed by atoms with E-state index >= 15 is 0 Å². The van der Waals surface area contributed by atoms with Crippen LogP contribution >= 0.6 is 0 Å². The van der Waals surface area contributed by atoms with E-state index in [0.29, 0.717) is 30.7 Å². The molecule has 25 heavy (non-hydrogen) atoms. The number of carbonyl (C=O) groups excluding carboxylic acids is 1. The molecule has 3 rings (SSSR count). The van der Waals surface area contributed by atoms with Gasteiger partial charge in [-0.1, -0.05) is 25.7 Å². The van der Waals surface area contributed by atoms with Gasteiger partial charge in [-0.3, -0.25) is 9.59 Å². The third-order valence-corrected chi connectivity index (χ3v) is 5.10. The number of nitrogens with one attached hydrogen (secondary N) is 2. The number of methoxy groups -OCH3 is 1. The Balaban J connectivity index is 1.53. The summed E-state index contributed by atoms with van der Waals surface area (Å²) in [7, 11) is 1.60. The molecule has 2 N–H and O–H groups in total. The fourth-order valence-electron chi connectivity index (χ4n) is 3.60. The maximum Gasteiger partial charge on any atom is 0.251 e. The van der Waals surface area contributed by atoms with E-state index in [9.17, 15) is 9.59 Å². The molecule has 1 aliphatic carbocycles. The molecule has 0 spiro atoms. The highest BCUT2D eigenvalue weighted by atomic mass is 16.5. The summed E-state index contributed by atoms with van der Waals surface area (Å²) < 4.78 is 5.17. The molecule has 1 aromatic heterocycles. The lowest BCUT2D eigenvalue weighted by Gasteiger charge is -2.09. The van der Waals surface area contributed by atoms with Gasteiger partial charge in [-0.2, -0.15) is 0 Å². The summed E-state index contributed by atoms with van der Waals surface area (Å²) in [6.07, 6.45) is 7.27. The van der Waals surface area contributed by atoms with Gasteiger partial charge in [0.05, 0.1) is 12.6 Å². The lowest BCUT2D eigenvalue weighted by molar-refractivity contribution is -0.121. The Labute approximate surface area is 147 Å². The molecule has 2 aromatic rings. The van der Waals surface area contributed by atoms with Crippen molar-refractivity contribution < 1.29 is 9.53 Å². The SMILES string of the molecule is COc1ccc2cc(CCNC(=O)CCC3CCCC3)c(=O)[nH]c2c1. The zero-order chi connectivity index (χ0) is 17.6. The number of ether oxygens (including phenoxy) is 1. The Morgan fingerprint density at radius 3 is 2.84 bits per heavy atom. The van der Waals surface area contributed by atoms with Crippen LogP contribution in [-0.2, 0) is 11.2 Å². The molecule has 0 bridgehead atoms. The van der Waals surface area contributed by atoms with Gasteiger partial charge in [0.15, 0.2) is 0 Å². The van der Waals surface area contributed by atoms with Gasteiger partial charge in [-0.05, 0) is 42.3 Å². The number of fused-ring (bicyclic) bond motifs is 1. The molecule has 0 atom stereocenters. The fourth-order valence-corrected chi connectivity index (χ4v) is 3.60. The summed E-state index contributed by atoms with van der Waals surface area (Å²) >= 11 is 0. The average Bonchev–Trinajstić information content (AvgIpc) is 3.13. The van der Waals surface area contributed by atoms with Crippen molar-refractivity contribution >= 4 is 16.8 Å². The first-order chi connectivity index (χ1) is 12.2. The molecule has 0 unspecified atom stereocenters. The van der Waals surface area contributed by atoms with Crippen molar-refractivity contribution in [3.8, 4) is 5.75 Å². The molecule has 1 fully saturated rings. The Bertz CT molecular complexity index is 791. The van der Waals surface area contributed by atoms with Crippen molar-refractivity contribution in [1.29, 1.82) is 0 Å². The van der Waals surface area contributed by atoms with Gasteiger partial charge in [0.2, 0.25) is 5.91 Å². The molecule has 5 nitrogen and oxygen atoms in total. The van der Waals surface area contributed by atoms with E-state index in [1.807, 2.05) is 24.3 Å². The lowest BCUT2D eigenvalue weighted by atomic mass is 10.0. The zero-order valence-electron chi connectivity index (χ0n) is 14.8. The second-order valence-corrected chi connectivity index (χ2v) is 6.87. The van der Waals surface area contributed by atoms with Crippen LogP contribution in [-0.4, -0.2) is 24.5 Å². The van der Waals surface area contributed by atoms with Crippen LogP contribution in [0.15, 0.2) is 29.1 Å². The second-order valence-electron chi connectivity index (χ2n) is 6.87. The third-order valence-electron chi connectivity index (χ3n) is 5.10. The molecular formula is C20H26N2O3. The topological polar surface area (TPSA) is 71.2 Å². The largest absolute Gasteiger partial charge is 0.497 e. The van der Waals surface area contributed by atoms with Crippen LogP contribution in [0.2, 0.25) is 0 Å². The van der Waals surface area contributed by atoms with Crippen LogP contribution < -0.4 is 15.6 Å². The monoisotopic (exact) mass is 342 g/mol. The molecule has 134 valence electrons. The van der Waals surface area contributed by atoms with E-state index in [1.165, 1.54) is 25.7 Å². The minimum absolute atomic E-state index is 0.0915. The first-order valence-electron chi connectivity index (χ1n) is 9.12. The lowest BCUT2D eigenvalue weighted by Crippen LogP contribution is -2.27. The summed E-state index contributed by atoms with van der Waals surface area (Å²) in [4.78, 5) is 27.0. The molecule has 1 aromatic carbocycles. The molecule has 1 saturated carbocycles. The van der Waals surface area contributed by atoms with Crippen LogP contribution in [0.25, 0.3) is 10.9 Å². The molecular weight excluding hydrogens is 316 g/mol. The van der Waals surface area contributed by atoms with Crippen LogP contribution in [0.3, 0.4) is 0 Å². The summed E-state index contributed by atoms with van der Waals surface area (Å²) in [5.74, 6) is 1.53.